The summed E-state index contributed by atoms with van der Waals surface area (Å²) in [6.07, 6.45) is 0. The third-order valence-corrected chi connectivity index (χ3v) is 3.51. The fourth-order valence-corrected chi connectivity index (χ4v) is 2.55. The average Bonchev–Trinajstić information content (AvgIpc) is 2.30. The second-order valence-electron chi connectivity index (χ2n) is 2.50. The molecule has 0 N–H and O–H groups in total. The van der Waals surface area contributed by atoms with Crippen molar-refractivity contribution in [1.29, 1.82) is 0 Å². The van der Waals surface area contributed by atoms with Crippen LogP contribution in [0.2, 0.25) is 0 Å². The lowest BCUT2D eigenvalue weighted by molar-refractivity contribution is 1.07. The molecule has 1 aromatic carbocycles. The average molecular weight is 182 g/mol. The maximum atomic E-state index is 5.22. The van der Waals surface area contributed by atoms with Gasteiger partial charge in [-0.25, -0.2) is 0 Å². The van der Waals surface area contributed by atoms with Crippen LogP contribution in [0.5, 0.6) is 0 Å². The Balaban J connectivity index is 2.47. The summed E-state index contributed by atoms with van der Waals surface area (Å²) in [7, 11) is 2.04. The molecule has 0 saturated heterocycles. The summed E-state index contributed by atoms with van der Waals surface area (Å²) in [4.78, 5) is 3.42. The highest BCUT2D eigenvalue weighted by atomic mass is 32.2. The number of anilines is 1. The third-order valence-electron chi connectivity index (χ3n) is 1.79. The lowest BCUT2D eigenvalue weighted by Gasteiger charge is -2.14. The molecule has 1 nitrogen and oxygen atoms in total. The Morgan fingerprint density at radius 2 is 2.18 bits per heavy atom. The van der Waals surface area contributed by atoms with Crippen molar-refractivity contribution in [3.8, 4) is 0 Å². The van der Waals surface area contributed by atoms with Crippen molar-refractivity contribution in [2.75, 3.05) is 11.9 Å². The van der Waals surface area contributed by atoms with Gasteiger partial charge in [0, 0.05) is 11.9 Å². The second kappa shape index (κ2) is 2.64. The molecule has 1 radical (unpaired) electrons. The van der Waals surface area contributed by atoms with E-state index in [4.69, 9.17) is 12.6 Å². The monoisotopic (exact) mass is 182 g/mol. The number of para-hydroxylation sites is 1. The first-order chi connectivity index (χ1) is 5.29. The molecule has 0 fully saturated rings. The van der Waals surface area contributed by atoms with Gasteiger partial charge in [-0.3, -0.25) is 0 Å². The lowest BCUT2D eigenvalue weighted by Crippen LogP contribution is -2.18. The Bertz CT molecular complexity index is 275. The maximum absolute atomic E-state index is 5.22. The molecular formula is C8H8NS2. The van der Waals surface area contributed by atoms with E-state index < -0.39 is 0 Å². The van der Waals surface area contributed by atoms with Crippen molar-refractivity contribution in [1.82, 2.24) is 0 Å². The number of benzene rings is 1. The fraction of sp³-hybridized carbons (Fsp3) is 0.250. The van der Waals surface area contributed by atoms with E-state index in [9.17, 15) is 0 Å². The highest BCUT2D eigenvalue weighted by Crippen LogP contribution is 2.43. The van der Waals surface area contributed by atoms with Gasteiger partial charge in [0.15, 0.2) is 0 Å². The van der Waals surface area contributed by atoms with Crippen LogP contribution in [0.3, 0.4) is 0 Å². The van der Waals surface area contributed by atoms with Crippen molar-refractivity contribution in [2.24, 2.45) is 0 Å². The van der Waals surface area contributed by atoms with Crippen LogP contribution in [-0.4, -0.2) is 11.8 Å². The molecule has 1 atom stereocenters. The lowest BCUT2D eigenvalue weighted by atomic mass is 10.3. The van der Waals surface area contributed by atoms with Crippen molar-refractivity contribution < 1.29 is 0 Å². The van der Waals surface area contributed by atoms with Crippen LogP contribution in [0, 0.1) is 0 Å². The SMILES string of the molecule is CN1c2ccccc2SC1[S]. The molecule has 1 unspecified atom stereocenters. The summed E-state index contributed by atoms with van der Waals surface area (Å²) >= 11 is 6.96. The Kier molecular flexibility index (Phi) is 1.77. The molecule has 11 heavy (non-hydrogen) atoms. The molecule has 1 aromatic rings. The van der Waals surface area contributed by atoms with E-state index in [1.165, 1.54) is 10.6 Å². The minimum Gasteiger partial charge on any atom is -0.352 e. The summed E-state index contributed by atoms with van der Waals surface area (Å²) in [5.74, 6) is 0. The molecule has 0 amide bonds. The summed E-state index contributed by atoms with van der Waals surface area (Å²) < 4.78 is 0.174. The van der Waals surface area contributed by atoms with Crippen molar-refractivity contribution in [2.45, 2.75) is 9.60 Å². The van der Waals surface area contributed by atoms with Crippen LogP contribution >= 0.6 is 24.4 Å². The Morgan fingerprint density at radius 3 is 2.91 bits per heavy atom. The summed E-state index contributed by atoms with van der Waals surface area (Å²) in [6.45, 7) is 0. The van der Waals surface area contributed by atoms with Crippen LogP contribution in [0.15, 0.2) is 29.2 Å². The van der Waals surface area contributed by atoms with Gasteiger partial charge in [-0.05, 0) is 12.1 Å². The van der Waals surface area contributed by atoms with Gasteiger partial charge in [-0.1, -0.05) is 36.5 Å². The van der Waals surface area contributed by atoms with Gasteiger partial charge in [0.05, 0.1) is 5.69 Å². The molecule has 57 valence electrons. The van der Waals surface area contributed by atoms with E-state index in [1.807, 2.05) is 19.2 Å². The number of hydrogen-bond donors (Lipinski definition) is 0. The van der Waals surface area contributed by atoms with Gasteiger partial charge in [0.2, 0.25) is 0 Å². The largest absolute Gasteiger partial charge is 0.352 e. The van der Waals surface area contributed by atoms with E-state index >= 15 is 0 Å². The summed E-state index contributed by atoms with van der Waals surface area (Å²) in [6, 6.07) is 8.31. The first kappa shape index (κ1) is 7.37. The van der Waals surface area contributed by atoms with E-state index in [0.29, 0.717) is 0 Å². The quantitative estimate of drug-likeness (QED) is 0.607. The smallest absolute Gasteiger partial charge is 0.136 e. The molecule has 1 aliphatic heterocycles. The van der Waals surface area contributed by atoms with Gasteiger partial charge in [0.1, 0.15) is 4.71 Å². The van der Waals surface area contributed by atoms with E-state index in [1.54, 1.807) is 11.8 Å². The fourth-order valence-electron chi connectivity index (χ4n) is 1.15. The van der Waals surface area contributed by atoms with Gasteiger partial charge in [-0.2, -0.15) is 0 Å². The minimum absolute atomic E-state index is 0.174. The van der Waals surface area contributed by atoms with Gasteiger partial charge in [-0.15, -0.1) is 0 Å². The molecule has 0 bridgehead atoms. The van der Waals surface area contributed by atoms with Crippen LogP contribution in [-0.2, 0) is 0 Å². The Morgan fingerprint density at radius 1 is 1.45 bits per heavy atom. The Hall–Kier alpha value is -0.280. The topological polar surface area (TPSA) is 3.24 Å². The summed E-state index contributed by atoms with van der Waals surface area (Å²) in [5.41, 5.74) is 1.26. The molecule has 2 rings (SSSR count). The van der Waals surface area contributed by atoms with Crippen molar-refractivity contribution in [3.63, 3.8) is 0 Å². The van der Waals surface area contributed by atoms with Gasteiger partial charge in [0.25, 0.3) is 0 Å². The Labute approximate surface area is 76.2 Å². The number of hydrogen-bond acceptors (Lipinski definition) is 2. The van der Waals surface area contributed by atoms with Crippen molar-refractivity contribution in [3.05, 3.63) is 24.3 Å². The minimum atomic E-state index is 0.174. The van der Waals surface area contributed by atoms with E-state index in [-0.39, 0.29) is 4.71 Å². The number of fused-ring (bicyclic) bond motifs is 1. The van der Waals surface area contributed by atoms with Gasteiger partial charge < -0.3 is 4.90 Å². The molecule has 0 aromatic heterocycles. The highest BCUT2D eigenvalue weighted by Gasteiger charge is 2.23. The number of nitrogens with zero attached hydrogens (tertiary/aromatic N) is 1. The normalized spacial score (nSPS) is 22.0. The zero-order valence-corrected chi connectivity index (χ0v) is 7.78. The predicted molar refractivity (Wildman–Crippen MR) is 52.1 cm³/mol. The van der Waals surface area contributed by atoms with E-state index in [2.05, 4.69) is 17.0 Å². The first-order valence-corrected chi connectivity index (χ1v) is 4.78. The maximum Gasteiger partial charge on any atom is 0.136 e. The van der Waals surface area contributed by atoms with Crippen LogP contribution in [0.25, 0.3) is 0 Å². The highest BCUT2D eigenvalue weighted by molar-refractivity contribution is 8.10. The molecule has 3 heteroatoms. The first-order valence-electron chi connectivity index (χ1n) is 3.43. The molecular weight excluding hydrogens is 174 g/mol. The summed E-state index contributed by atoms with van der Waals surface area (Å²) in [5, 5.41) is 0. The predicted octanol–water partition coefficient (Wildman–Crippen LogP) is 2.71. The zero-order valence-electron chi connectivity index (χ0n) is 6.15. The van der Waals surface area contributed by atoms with Crippen LogP contribution < -0.4 is 4.90 Å². The standard InChI is InChI=1S/C8H8NS2/c1-9-6-4-2-3-5-7(6)11-8(9)10/h2-5,8H,1H3. The molecule has 1 aliphatic rings. The second-order valence-corrected chi connectivity index (χ2v) is 4.37. The molecule has 0 spiro atoms. The molecule has 0 aliphatic carbocycles. The van der Waals surface area contributed by atoms with E-state index in [0.717, 1.165) is 0 Å². The van der Waals surface area contributed by atoms with Crippen LogP contribution in [0.1, 0.15) is 0 Å². The molecule has 0 saturated carbocycles. The molecule has 1 heterocycles. The number of thioether (sulfide) groups is 1. The zero-order chi connectivity index (χ0) is 7.84. The number of rotatable bonds is 0. The third kappa shape index (κ3) is 1.12. The van der Waals surface area contributed by atoms with Crippen molar-refractivity contribution >= 4 is 30.1 Å². The van der Waals surface area contributed by atoms with Crippen LogP contribution in [0.4, 0.5) is 5.69 Å². The van der Waals surface area contributed by atoms with Gasteiger partial charge >= 0.3 is 0 Å².